The fourth-order valence-corrected chi connectivity index (χ4v) is 6.00. The lowest BCUT2D eigenvalue weighted by Crippen LogP contribution is -2.67. The normalized spacial score (nSPS) is 21.6. The Balaban J connectivity index is 1.48. The third kappa shape index (κ3) is 3.37. The van der Waals surface area contributed by atoms with E-state index in [1.807, 2.05) is 55.1 Å². The molecule has 0 bridgehead atoms. The van der Waals surface area contributed by atoms with Gasteiger partial charge in [0.05, 0.1) is 5.69 Å². The number of piperazine rings is 1. The molecule has 1 N–H and O–H groups in total. The zero-order valence-corrected chi connectivity index (χ0v) is 21.0. The number of H-pyrrole nitrogens is 1. The molecule has 0 unspecified atom stereocenters. The van der Waals surface area contributed by atoms with Crippen LogP contribution in [0.4, 0.5) is 0 Å². The van der Waals surface area contributed by atoms with Gasteiger partial charge in [-0.05, 0) is 48.6 Å². The molecule has 5 heteroatoms. The van der Waals surface area contributed by atoms with Crippen LogP contribution < -0.4 is 0 Å². The summed E-state index contributed by atoms with van der Waals surface area (Å²) in [5.74, 6) is -0.0468. The third-order valence-corrected chi connectivity index (χ3v) is 8.10. The van der Waals surface area contributed by atoms with Crippen molar-refractivity contribution in [2.75, 3.05) is 13.1 Å². The molecule has 1 fully saturated rings. The van der Waals surface area contributed by atoms with E-state index in [2.05, 4.69) is 48.3 Å². The fraction of sp³-hybridized carbons (Fsp3) is 0.290. The topological polar surface area (TPSA) is 56.4 Å². The molecule has 5 nitrogen and oxygen atoms in total. The highest BCUT2D eigenvalue weighted by molar-refractivity contribution is 6.01. The van der Waals surface area contributed by atoms with Crippen molar-refractivity contribution in [3.8, 4) is 0 Å². The van der Waals surface area contributed by atoms with Crippen LogP contribution in [0.15, 0.2) is 72.8 Å². The van der Waals surface area contributed by atoms with Crippen LogP contribution in [0.2, 0.25) is 0 Å². The molecule has 36 heavy (non-hydrogen) atoms. The van der Waals surface area contributed by atoms with Crippen LogP contribution >= 0.6 is 0 Å². The van der Waals surface area contributed by atoms with Crippen LogP contribution in [0.1, 0.15) is 53.3 Å². The first-order valence-electron chi connectivity index (χ1n) is 12.8. The predicted molar refractivity (Wildman–Crippen MR) is 142 cm³/mol. The quantitative estimate of drug-likeness (QED) is 0.435. The average Bonchev–Trinajstić information content (AvgIpc) is 3.29. The average molecular weight is 478 g/mol. The van der Waals surface area contributed by atoms with E-state index >= 15 is 0 Å². The van der Waals surface area contributed by atoms with Crippen molar-refractivity contribution in [3.63, 3.8) is 0 Å². The Labute approximate surface area is 211 Å². The van der Waals surface area contributed by atoms with E-state index in [1.165, 1.54) is 16.7 Å². The lowest BCUT2D eigenvalue weighted by atomic mass is 9.76. The second-order valence-corrected chi connectivity index (χ2v) is 10.3. The van der Waals surface area contributed by atoms with Crippen LogP contribution in [0.3, 0.4) is 0 Å². The minimum Gasteiger partial charge on any atom is -0.356 e. The zero-order valence-electron chi connectivity index (χ0n) is 21.0. The Hall–Kier alpha value is -3.86. The highest BCUT2D eigenvalue weighted by Crippen LogP contribution is 2.48. The summed E-state index contributed by atoms with van der Waals surface area (Å²) in [5.41, 5.74) is 6.55. The van der Waals surface area contributed by atoms with Crippen LogP contribution in [-0.2, 0) is 28.1 Å². The van der Waals surface area contributed by atoms with Gasteiger partial charge in [-0.3, -0.25) is 9.59 Å². The highest BCUT2D eigenvalue weighted by Gasteiger charge is 2.56. The highest BCUT2D eigenvalue weighted by atomic mass is 16.2. The largest absolute Gasteiger partial charge is 0.356 e. The molecule has 0 radical (unpaired) electrons. The number of carbonyl (C=O) groups is 2. The fourth-order valence-electron chi connectivity index (χ4n) is 6.00. The molecule has 4 aromatic rings. The van der Waals surface area contributed by atoms with Gasteiger partial charge >= 0.3 is 0 Å². The maximum atomic E-state index is 14.2. The number of hydrogen-bond acceptors (Lipinski definition) is 2. The minimum atomic E-state index is -1.08. The first kappa shape index (κ1) is 22.6. The SMILES string of the molecule is CCc1ccc([C@@H]2CN3C(=O)CN(Cc4ccc(C)cc4)C(=O)[C@]3(C)c3[nH]c4ccccc4c32)cc1. The summed E-state index contributed by atoms with van der Waals surface area (Å²) in [7, 11) is 0. The number of amides is 2. The summed E-state index contributed by atoms with van der Waals surface area (Å²) in [5, 5.41) is 1.12. The van der Waals surface area contributed by atoms with Crippen LogP contribution in [0.25, 0.3) is 10.9 Å². The molecule has 182 valence electrons. The number of aryl methyl sites for hydroxylation is 2. The number of aromatic nitrogens is 1. The zero-order chi connectivity index (χ0) is 25.0. The summed E-state index contributed by atoms with van der Waals surface area (Å²) in [6.07, 6.45) is 0.983. The summed E-state index contributed by atoms with van der Waals surface area (Å²) in [6, 6.07) is 25.1. The van der Waals surface area contributed by atoms with Crippen molar-refractivity contribution in [2.24, 2.45) is 0 Å². The van der Waals surface area contributed by atoms with Gasteiger partial charge in [-0.15, -0.1) is 0 Å². The maximum Gasteiger partial charge on any atom is 0.255 e. The number of benzene rings is 3. The Bertz CT molecular complexity index is 1470. The number of rotatable bonds is 4. The van der Waals surface area contributed by atoms with Crippen molar-refractivity contribution >= 4 is 22.7 Å². The first-order chi connectivity index (χ1) is 17.4. The van der Waals surface area contributed by atoms with Gasteiger partial charge in [-0.25, -0.2) is 0 Å². The number of nitrogens with one attached hydrogen (secondary N) is 1. The number of para-hydroxylation sites is 1. The van der Waals surface area contributed by atoms with Crippen molar-refractivity contribution in [2.45, 2.75) is 45.2 Å². The number of nitrogens with zero attached hydrogens (tertiary/aromatic N) is 2. The summed E-state index contributed by atoms with van der Waals surface area (Å²) < 4.78 is 0. The van der Waals surface area contributed by atoms with Gasteiger partial charge in [-0.1, -0.05) is 79.2 Å². The summed E-state index contributed by atoms with van der Waals surface area (Å²) in [4.78, 5) is 34.9. The molecular formula is C31H31N3O2. The van der Waals surface area contributed by atoms with Gasteiger partial charge in [0.1, 0.15) is 6.54 Å². The second-order valence-electron chi connectivity index (χ2n) is 10.3. The van der Waals surface area contributed by atoms with Crippen LogP contribution in [0.5, 0.6) is 0 Å². The number of aromatic amines is 1. The van der Waals surface area contributed by atoms with Gasteiger partial charge in [0.15, 0.2) is 5.54 Å². The van der Waals surface area contributed by atoms with Gasteiger partial charge in [-0.2, -0.15) is 0 Å². The van der Waals surface area contributed by atoms with Gasteiger partial charge in [0.2, 0.25) is 5.91 Å². The van der Waals surface area contributed by atoms with Crippen molar-refractivity contribution in [1.29, 1.82) is 0 Å². The van der Waals surface area contributed by atoms with E-state index in [-0.39, 0.29) is 24.3 Å². The smallest absolute Gasteiger partial charge is 0.255 e. The summed E-state index contributed by atoms with van der Waals surface area (Å²) >= 11 is 0. The maximum absolute atomic E-state index is 14.2. The second kappa shape index (κ2) is 8.37. The molecule has 1 aromatic heterocycles. The number of carbonyl (C=O) groups excluding carboxylic acids is 2. The molecule has 2 atom stereocenters. The van der Waals surface area contributed by atoms with E-state index in [0.717, 1.165) is 34.1 Å². The Kier molecular flexibility index (Phi) is 5.25. The van der Waals surface area contributed by atoms with Gasteiger partial charge in [0.25, 0.3) is 5.91 Å². The number of hydrogen-bond donors (Lipinski definition) is 1. The Morgan fingerprint density at radius 2 is 1.64 bits per heavy atom. The van der Waals surface area contributed by atoms with Gasteiger partial charge in [0, 0.05) is 29.9 Å². The monoisotopic (exact) mass is 477 g/mol. The Morgan fingerprint density at radius 3 is 2.36 bits per heavy atom. The van der Waals surface area contributed by atoms with Crippen LogP contribution in [0, 0.1) is 6.92 Å². The standard InChI is InChI=1S/C31H31N3O2/c1-4-21-13-15-23(16-14-21)25-18-34-27(35)19-33(17-22-11-9-20(2)10-12-22)30(36)31(34,3)29-28(25)24-7-5-6-8-26(24)32-29/h5-16,25,32H,4,17-19H2,1-3H3/t25-,31-/m0/s1. The predicted octanol–water partition coefficient (Wildman–Crippen LogP) is 5.27. The van der Waals surface area contributed by atoms with Crippen LogP contribution in [-0.4, -0.2) is 39.7 Å². The lowest BCUT2D eigenvalue weighted by Gasteiger charge is -2.51. The molecule has 2 aliphatic heterocycles. The molecule has 2 amide bonds. The van der Waals surface area contributed by atoms with E-state index in [0.29, 0.717) is 13.1 Å². The Morgan fingerprint density at radius 1 is 0.944 bits per heavy atom. The molecule has 3 heterocycles. The van der Waals surface area contributed by atoms with E-state index < -0.39 is 5.54 Å². The van der Waals surface area contributed by atoms with Gasteiger partial charge < -0.3 is 14.8 Å². The summed E-state index contributed by atoms with van der Waals surface area (Å²) in [6.45, 7) is 7.12. The van der Waals surface area contributed by atoms with E-state index in [4.69, 9.17) is 0 Å². The molecule has 1 saturated heterocycles. The lowest BCUT2D eigenvalue weighted by molar-refractivity contribution is -0.166. The molecule has 0 saturated carbocycles. The molecule has 6 rings (SSSR count). The minimum absolute atomic E-state index is 0.00414. The van der Waals surface area contributed by atoms with E-state index in [1.54, 1.807) is 4.90 Å². The van der Waals surface area contributed by atoms with E-state index in [9.17, 15) is 9.59 Å². The van der Waals surface area contributed by atoms with Crippen molar-refractivity contribution in [3.05, 3.63) is 106 Å². The van der Waals surface area contributed by atoms with Crippen molar-refractivity contribution in [1.82, 2.24) is 14.8 Å². The molecule has 2 aliphatic rings. The number of fused-ring (bicyclic) bond motifs is 5. The molecule has 0 spiro atoms. The van der Waals surface area contributed by atoms with Crippen molar-refractivity contribution < 1.29 is 9.59 Å². The molecular weight excluding hydrogens is 446 g/mol. The third-order valence-electron chi connectivity index (χ3n) is 8.10. The molecule has 3 aromatic carbocycles. The molecule has 0 aliphatic carbocycles. The first-order valence-corrected chi connectivity index (χ1v) is 12.8.